The highest BCUT2D eigenvalue weighted by Gasteiger charge is 2.59. The number of piperidine rings is 1. The lowest BCUT2D eigenvalue weighted by molar-refractivity contribution is -0.106. The van der Waals surface area contributed by atoms with Crippen LogP contribution in [0.4, 0.5) is 0 Å². The molecule has 4 unspecified atom stereocenters. The summed E-state index contributed by atoms with van der Waals surface area (Å²) in [7, 11) is 0. The summed E-state index contributed by atoms with van der Waals surface area (Å²) in [5.41, 5.74) is 0.143. The second-order valence-corrected chi connectivity index (χ2v) is 9.03. The quantitative estimate of drug-likeness (QED) is 0.579. The number of nitrogens with zero attached hydrogens (tertiary/aromatic N) is 2. The summed E-state index contributed by atoms with van der Waals surface area (Å²) in [5.74, 6) is 2.54. The topological polar surface area (TPSA) is 62.0 Å². The van der Waals surface area contributed by atoms with Gasteiger partial charge in [-0.25, -0.2) is 0 Å². The first kappa shape index (κ1) is 19.8. The van der Waals surface area contributed by atoms with Crippen molar-refractivity contribution >= 4 is 5.96 Å². The van der Waals surface area contributed by atoms with Crippen molar-refractivity contribution in [3.05, 3.63) is 24.2 Å². The summed E-state index contributed by atoms with van der Waals surface area (Å²) in [6.07, 6.45) is 7.16. The summed E-state index contributed by atoms with van der Waals surface area (Å²) < 4.78 is 11.7. The van der Waals surface area contributed by atoms with E-state index in [-0.39, 0.29) is 11.5 Å². The molecule has 0 radical (unpaired) electrons. The highest BCUT2D eigenvalue weighted by molar-refractivity contribution is 5.80. The number of aliphatic imine (C=N–C) groups is 1. The lowest BCUT2D eigenvalue weighted by Crippen LogP contribution is -2.68. The van der Waals surface area contributed by atoms with Crippen LogP contribution in [0.2, 0.25) is 0 Å². The summed E-state index contributed by atoms with van der Waals surface area (Å²) in [4.78, 5) is 7.53. The van der Waals surface area contributed by atoms with Gasteiger partial charge in [0.2, 0.25) is 0 Å². The van der Waals surface area contributed by atoms with Crippen molar-refractivity contribution in [3.63, 3.8) is 0 Å². The fourth-order valence-corrected chi connectivity index (χ4v) is 5.36. The molecule has 3 fully saturated rings. The minimum atomic E-state index is 0.143. The number of guanidine groups is 1. The van der Waals surface area contributed by atoms with Crippen LogP contribution < -0.4 is 10.6 Å². The summed E-state index contributed by atoms with van der Waals surface area (Å²) in [6, 6.07) is 4.69. The van der Waals surface area contributed by atoms with Crippen molar-refractivity contribution in [3.8, 4) is 0 Å². The minimum absolute atomic E-state index is 0.143. The third kappa shape index (κ3) is 3.81. The number of nitrogens with one attached hydrogen (secondary N) is 2. The number of hydrogen-bond donors (Lipinski definition) is 2. The molecule has 3 aliphatic rings. The van der Waals surface area contributed by atoms with Gasteiger partial charge < -0.3 is 19.8 Å². The molecule has 0 aromatic carbocycles. The van der Waals surface area contributed by atoms with Crippen molar-refractivity contribution in [2.24, 2.45) is 16.3 Å². The lowest BCUT2D eigenvalue weighted by atomic mass is 9.57. The van der Waals surface area contributed by atoms with E-state index in [1.807, 2.05) is 6.07 Å². The Morgan fingerprint density at radius 2 is 2.14 bits per heavy atom. The molecule has 0 amide bonds. The largest absolute Gasteiger partial charge is 0.468 e. The van der Waals surface area contributed by atoms with E-state index in [0.29, 0.717) is 24.6 Å². The standard InChI is InChI=1S/C22H36N4O2/c1-4-23-21(25-19-16-10-14-28-20(16)22(19,2)3)24-15-17(18-9-8-13-27-18)26-11-6-5-7-12-26/h8-9,13,16-17,19-20H,4-7,10-12,14-15H2,1-3H3,(H2,23,24,25). The molecule has 1 aromatic rings. The van der Waals surface area contributed by atoms with E-state index in [1.165, 1.54) is 19.3 Å². The molecular formula is C22H36N4O2. The maximum atomic E-state index is 5.95. The fraction of sp³-hybridized carbons (Fsp3) is 0.773. The van der Waals surface area contributed by atoms with Crippen molar-refractivity contribution in [1.29, 1.82) is 0 Å². The van der Waals surface area contributed by atoms with Gasteiger partial charge in [0.15, 0.2) is 5.96 Å². The van der Waals surface area contributed by atoms with Crippen LogP contribution in [-0.2, 0) is 4.74 Å². The molecule has 6 nitrogen and oxygen atoms in total. The molecule has 28 heavy (non-hydrogen) atoms. The zero-order valence-corrected chi connectivity index (χ0v) is 17.6. The second-order valence-electron chi connectivity index (χ2n) is 9.03. The maximum Gasteiger partial charge on any atom is 0.191 e. The van der Waals surface area contributed by atoms with Crippen LogP contribution in [0.3, 0.4) is 0 Å². The first-order valence-corrected chi connectivity index (χ1v) is 11.0. The molecule has 2 N–H and O–H groups in total. The van der Waals surface area contributed by atoms with Crippen LogP contribution >= 0.6 is 0 Å². The van der Waals surface area contributed by atoms with Crippen molar-refractivity contribution in [2.45, 2.75) is 64.6 Å². The van der Waals surface area contributed by atoms with E-state index in [4.69, 9.17) is 14.1 Å². The van der Waals surface area contributed by atoms with Gasteiger partial charge in [0.1, 0.15) is 5.76 Å². The molecule has 1 saturated carbocycles. The first-order chi connectivity index (χ1) is 13.6. The second kappa shape index (κ2) is 8.46. The van der Waals surface area contributed by atoms with Crippen molar-refractivity contribution in [1.82, 2.24) is 15.5 Å². The first-order valence-electron chi connectivity index (χ1n) is 11.0. The van der Waals surface area contributed by atoms with E-state index in [2.05, 4.69) is 42.4 Å². The molecule has 4 atom stereocenters. The number of furan rings is 1. The Hall–Kier alpha value is -1.53. The third-order valence-corrected chi connectivity index (χ3v) is 6.86. The normalized spacial score (nSPS) is 31.1. The molecule has 1 aliphatic carbocycles. The van der Waals surface area contributed by atoms with Gasteiger partial charge in [-0.05, 0) is 51.4 Å². The van der Waals surface area contributed by atoms with Crippen LogP contribution in [0.5, 0.6) is 0 Å². The smallest absolute Gasteiger partial charge is 0.191 e. The number of likely N-dealkylation sites (tertiary alicyclic amines) is 1. The van der Waals surface area contributed by atoms with Gasteiger partial charge in [0, 0.05) is 30.5 Å². The van der Waals surface area contributed by atoms with Gasteiger partial charge in [-0.3, -0.25) is 9.89 Å². The SMILES string of the molecule is CCNC(=NCC(c1ccco1)N1CCCCC1)NC1C2CCOC2C1(C)C. The highest BCUT2D eigenvalue weighted by atomic mass is 16.5. The molecule has 0 spiro atoms. The molecule has 3 heterocycles. The zero-order chi connectivity index (χ0) is 19.6. The molecule has 2 aliphatic heterocycles. The third-order valence-electron chi connectivity index (χ3n) is 6.86. The Bertz CT molecular complexity index is 652. The lowest BCUT2D eigenvalue weighted by Gasteiger charge is -2.55. The molecule has 6 heteroatoms. The van der Waals surface area contributed by atoms with Gasteiger partial charge in [-0.1, -0.05) is 20.3 Å². The monoisotopic (exact) mass is 388 g/mol. The molecule has 156 valence electrons. The fourth-order valence-electron chi connectivity index (χ4n) is 5.36. The van der Waals surface area contributed by atoms with Gasteiger partial charge in [0.25, 0.3) is 0 Å². The van der Waals surface area contributed by atoms with Crippen LogP contribution in [-0.4, -0.2) is 55.8 Å². The van der Waals surface area contributed by atoms with Crippen LogP contribution in [0.1, 0.15) is 58.3 Å². The highest BCUT2D eigenvalue weighted by Crippen LogP contribution is 2.52. The van der Waals surface area contributed by atoms with Crippen molar-refractivity contribution < 1.29 is 9.15 Å². The average Bonchev–Trinajstić information content (AvgIpc) is 3.38. The zero-order valence-electron chi connectivity index (χ0n) is 17.6. The number of fused-ring (bicyclic) bond motifs is 1. The van der Waals surface area contributed by atoms with Gasteiger partial charge in [-0.15, -0.1) is 0 Å². The average molecular weight is 389 g/mol. The Morgan fingerprint density at radius 3 is 2.86 bits per heavy atom. The Kier molecular flexibility index (Phi) is 5.97. The molecule has 2 saturated heterocycles. The molecule has 1 aromatic heterocycles. The number of hydrogen-bond acceptors (Lipinski definition) is 4. The van der Waals surface area contributed by atoms with E-state index in [9.17, 15) is 0 Å². The molecular weight excluding hydrogens is 352 g/mol. The van der Waals surface area contributed by atoms with Gasteiger partial charge in [0.05, 0.1) is 25.0 Å². The Balaban J connectivity index is 1.46. The van der Waals surface area contributed by atoms with Gasteiger partial charge >= 0.3 is 0 Å². The summed E-state index contributed by atoms with van der Waals surface area (Å²) in [5, 5.41) is 7.18. The summed E-state index contributed by atoms with van der Waals surface area (Å²) in [6.45, 7) is 11.4. The number of ether oxygens (including phenoxy) is 1. The Labute approximate surface area is 169 Å². The predicted molar refractivity (Wildman–Crippen MR) is 111 cm³/mol. The van der Waals surface area contributed by atoms with Crippen LogP contribution in [0.15, 0.2) is 27.8 Å². The van der Waals surface area contributed by atoms with E-state index in [0.717, 1.165) is 44.4 Å². The van der Waals surface area contributed by atoms with E-state index >= 15 is 0 Å². The van der Waals surface area contributed by atoms with Crippen LogP contribution in [0, 0.1) is 11.3 Å². The van der Waals surface area contributed by atoms with Crippen LogP contribution in [0.25, 0.3) is 0 Å². The minimum Gasteiger partial charge on any atom is -0.468 e. The van der Waals surface area contributed by atoms with Crippen molar-refractivity contribution in [2.75, 3.05) is 32.8 Å². The Morgan fingerprint density at radius 1 is 1.32 bits per heavy atom. The van der Waals surface area contributed by atoms with E-state index in [1.54, 1.807) is 6.26 Å². The van der Waals surface area contributed by atoms with Gasteiger partial charge in [-0.2, -0.15) is 0 Å². The maximum absolute atomic E-state index is 5.95. The molecule has 0 bridgehead atoms. The molecule has 4 rings (SSSR count). The summed E-state index contributed by atoms with van der Waals surface area (Å²) >= 11 is 0. The van der Waals surface area contributed by atoms with E-state index < -0.39 is 0 Å². The predicted octanol–water partition coefficient (Wildman–Crippen LogP) is 3.18. The number of rotatable bonds is 6.